The van der Waals surface area contributed by atoms with Crippen molar-refractivity contribution < 1.29 is 24.2 Å². The van der Waals surface area contributed by atoms with Gasteiger partial charge < -0.3 is 19.5 Å². The highest BCUT2D eigenvalue weighted by atomic mass is 16.5. The van der Waals surface area contributed by atoms with Gasteiger partial charge in [0.25, 0.3) is 0 Å². The molecule has 1 heterocycles. The van der Waals surface area contributed by atoms with E-state index < -0.39 is 5.97 Å². The van der Waals surface area contributed by atoms with Crippen molar-refractivity contribution in [2.75, 3.05) is 46.9 Å². The number of hydrogen-bond donors (Lipinski definition) is 1. The number of ether oxygens (including phenoxy) is 2. The summed E-state index contributed by atoms with van der Waals surface area (Å²) in [4.78, 5) is 26.9. The number of amides is 1. The standard InChI is InChI=1S/C18H26N2O5/c1-13-4-5-16(24-3)14(8-13)9-17(21)20-6-7-25-15(11-20)10-19(2)12-18(22)23/h4-5,8,15H,6-7,9-12H2,1-3H3,(H,22,23). The molecule has 1 aliphatic heterocycles. The molecule has 1 amide bonds. The Kier molecular flexibility index (Phi) is 6.78. The van der Waals surface area contributed by atoms with Crippen molar-refractivity contribution in [3.63, 3.8) is 0 Å². The van der Waals surface area contributed by atoms with Crippen LogP contribution in [0, 0.1) is 6.92 Å². The van der Waals surface area contributed by atoms with Crippen LogP contribution in [0.4, 0.5) is 0 Å². The number of aliphatic carboxylic acids is 1. The Balaban J connectivity index is 1.95. The molecule has 1 saturated heterocycles. The van der Waals surface area contributed by atoms with Crippen molar-refractivity contribution in [2.24, 2.45) is 0 Å². The number of carboxylic acids is 1. The highest BCUT2D eigenvalue weighted by molar-refractivity contribution is 5.79. The number of hydrogen-bond acceptors (Lipinski definition) is 5. The molecule has 0 spiro atoms. The van der Waals surface area contributed by atoms with Crippen LogP contribution in [-0.4, -0.2) is 79.8 Å². The van der Waals surface area contributed by atoms with E-state index in [0.29, 0.717) is 32.0 Å². The van der Waals surface area contributed by atoms with Gasteiger partial charge >= 0.3 is 5.97 Å². The molecule has 138 valence electrons. The number of carboxylic acid groups (broad SMARTS) is 1. The molecule has 0 radical (unpaired) electrons. The third kappa shape index (κ3) is 5.72. The van der Waals surface area contributed by atoms with E-state index in [4.69, 9.17) is 14.6 Å². The maximum Gasteiger partial charge on any atom is 0.317 e. The zero-order valence-corrected chi connectivity index (χ0v) is 15.0. The third-order valence-electron chi connectivity index (χ3n) is 4.19. The van der Waals surface area contributed by atoms with Crippen LogP contribution >= 0.6 is 0 Å². The minimum atomic E-state index is -0.877. The largest absolute Gasteiger partial charge is 0.496 e. The molecule has 7 heteroatoms. The summed E-state index contributed by atoms with van der Waals surface area (Å²) >= 11 is 0. The number of carbonyl (C=O) groups excluding carboxylic acids is 1. The molecule has 2 rings (SSSR count). The molecule has 1 aliphatic rings. The van der Waals surface area contributed by atoms with Gasteiger partial charge in [0, 0.05) is 25.2 Å². The van der Waals surface area contributed by atoms with Gasteiger partial charge in [-0.15, -0.1) is 0 Å². The lowest BCUT2D eigenvalue weighted by Crippen LogP contribution is -2.50. The van der Waals surface area contributed by atoms with Gasteiger partial charge in [0.05, 0.1) is 32.8 Å². The van der Waals surface area contributed by atoms with Gasteiger partial charge in [-0.25, -0.2) is 0 Å². The molecule has 1 aromatic carbocycles. The topological polar surface area (TPSA) is 79.3 Å². The van der Waals surface area contributed by atoms with E-state index in [1.54, 1.807) is 24.0 Å². The Labute approximate surface area is 148 Å². The summed E-state index contributed by atoms with van der Waals surface area (Å²) in [5.74, 6) is -0.138. The van der Waals surface area contributed by atoms with Crippen molar-refractivity contribution in [3.8, 4) is 5.75 Å². The number of benzene rings is 1. The van der Waals surface area contributed by atoms with Gasteiger partial charge in [0.1, 0.15) is 5.75 Å². The number of aryl methyl sites for hydroxylation is 1. The van der Waals surface area contributed by atoms with Crippen LogP contribution in [0.3, 0.4) is 0 Å². The Hall–Kier alpha value is -2.12. The van der Waals surface area contributed by atoms with E-state index in [1.807, 2.05) is 25.1 Å². The van der Waals surface area contributed by atoms with Crippen LogP contribution in [0.5, 0.6) is 5.75 Å². The first-order chi connectivity index (χ1) is 11.9. The Bertz CT molecular complexity index is 619. The average molecular weight is 350 g/mol. The maximum atomic E-state index is 12.7. The van der Waals surface area contributed by atoms with Crippen LogP contribution in [0.25, 0.3) is 0 Å². The summed E-state index contributed by atoms with van der Waals surface area (Å²) in [5, 5.41) is 8.83. The molecule has 7 nitrogen and oxygen atoms in total. The Morgan fingerprint density at radius 1 is 1.44 bits per heavy atom. The first-order valence-electron chi connectivity index (χ1n) is 8.32. The van der Waals surface area contributed by atoms with Crippen molar-refractivity contribution in [1.29, 1.82) is 0 Å². The number of likely N-dealkylation sites (N-methyl/N-ethyl adjacent to an activating group) is 1. The van der Waals surface area contributed by atoms with Crippen LogP contribution in [-0.2, 0) is 20.7 Å². The lowest BCUT2D eigenvalue weighted by molar-refractivity contribution is -0.142. The van der Waals surface area contributed by atoms with Crippen molar-refractivity contribution >= 4 is 11.9 Å². The molecule has 0 aromatic heterocycles. The van der Waals surface area contributed by atoms with E-state index in [0.717, 1.165) is 11.1 Å². The van der Waals surface area contributed by atoms with E-state index in [1.165, 1.54) is 0 Å². The van der Waals surface area contributed by atoms with Crippen molar-refractivity contribution in [1.82, 2.24) is 9.80 Å². The molecule has 1 atom stereocenters. The van der Waals surface area contributed by atoms with Gasteiger partial charge in [-0.3, -0.25) is 14.5 Å². The summed E-state index contributed by atoms with van der Waals surface area (Å²) in [6.07, 6.45) is 0.101. The quantitative estimate of drug-likeness (QED) is 0.783. The second kappa shape index (κ2) is 8.82. The van der Waals surface area contributed by atoms with E-state index in [9.17, 15) is 9.59 Å². The van der Waals surface area contributed by atoms with Crippen LogP contribution in [0.1, 0.15) is 11.1 Å². The summed E-state index contributed by atoms with van der Waals surface area (Å²) in [6.45, 7) is 3.89. The number of nitrogens with zero attached hydrogens (tertiary/aromatic N) is 2. The summed E-state index contributed by atoms with van der Waals surface area (Å²) < 4.78 is 11.0. The molecule has 1 N–H and O–H groups in total. The SMILES string of the molecule is COc1ccc(C)cc1CC(=O)N1CCOC(CN(C)CC(=O)O)C1. The first-order valence-corrected chi connectivity index (χ1v) is 8.32. The minimum absolute atomic E-state index is 0.0260. The molecule has 0 aliphatic carbocycles. The zero-order valence-electron chi connectivity index (χ0n) is 15.0. The predicted octanol–water partition coefficient (Wildman–Crippen LogP) is 0.790. The van der Waals surface area contributed by atoms with Gasteiger partial charge in [-0.1, -0.05) is 17.7 Å². The fraction of sp³-hybridized carbons (Fsp3) is 0.556. The third-order valence-corrected chi connectivity index (χ3v) is 4.19. The molecule has 1 unspecified atom stereocenters. The van der Waals surface area contributed by atoms with Crippen LogP contribution in [0.2, 0.25) is 0 Å². The van der Waals surface area contributed by atoms with E-state index in [-0.39, 0.29) is 25.0 Å². The number of morpholine rings is 1. The highest BCUT2D eigenvalue weighted by Crippen LogP contribution is 2.21. The second-order valence-corrected chi connectivity index (χ2v) is 6.42. The van der Waals surface area contributed by atoms with Gasteiger partial charge in [0.15, 0.2) is 0 Å². The molecule has 1 aromatic rings. The van der Waals surface area contributed by atoms with Gasteiger partial charge in [-0.2, -0.15) is 0 Å². The molecule has 25 heavy (non-hydrogen) atoms. The molecular formula is C18H26N2O5. The Morgan fingerprint density at radius 2 is 2.20 bits per heavy atom. The second-order valence-electron chi connectivity index (χ2n) is 6.42. The monoisotopic (exact) mass is 350 g/mol. The highest BCUT2D eigenvalue weighted by Gasteiger charge is 2.26. The fourth-order valence-corrected chi connectivity index (χ4v) is 3.02. The summed E-state index contributed by atoms with van der Waals surface area (Å²) in [7, 11) is 3.33. The van der Waals surface area contributed by atoms with Crippen molar-refractivity contribution in [3.05, 3.63) is 29.3 Å². The molecule has 1 fully saturated rings. The fourth-order valence-electron chi connectivity index (χ4n) is 3.02. The predicted molar refractivity (Wildman–Crippen MR) is 92.9 cm³/mol. The maximum absolute atomic E-state index is 12.7. The summed E-state index contributed by atoms with van der Waals surface area (Å²) in [5.41, 5.74) is 1.96. The lowest BCUT2D eigenvalue weighted by atomic mass is 10.1. The number of methoxy groups -OCH3 is 1. The summed E-state index contributed by atoms with van der Waals surface area (Å²) in [6, 6.07) is 5.80. The van der Waals surface area contributed by atoms with Crippen LogP contribution in [0.15, 0.2) is 18.2 Å². The van der Waals surface area contributed by atoms with Gasteiger partial charge in [-0.05, 0) is 20.0 Å². The van der Waals surface area contributed by atoms with Crippen molar-refractivity contribution in [2.45, 2.75) is 19.4 Å². The molecule has 0 bridgehead atoms. The zero-order chi connectivity index (χ0) is 18.4. The normalized spacial score (nSPS) is 17.6. The smallest absolute Gasteiger partial charge is 0.317 e. The minimum Gasteiger partial charge on any atom is -0.496 e. The van der Waals surface area contributed by atoms with E-state index in [2.05, 4.69) is 0 Å². The molecular weight excluding hydrogens is 324 g/mol. The first kappa shape index (κ1) is 19.2. The lowest BCUT2D eigenvalue weighted by Gasteiger charge is -2.34. The molecule has 0 saturated carbocycles. The van der Waals surface area contributed by atoms with E-state index >= 15 is 0 Å². The van der Waals surface area contributed by atoms with Gasteiger partial charge in [0.2, 0.25) is 5.91 Å². The van der Waals surface area contributed by atoms with Crippen LogP contribution < -0.4 is 4.74 Å². The number of rotatable bonds is 7. The Morgan fingerprint density at radius 3 is 2.88 bits per heavy atom. The average Bonchev–Trinajstić information content (AvgIpc) is 2.54. The number of carbonyl (C=O) groups is 2.